The molecule has 0 radical (unpaired) electrons. The van der Waals surface area contributed by atoms with Gasteiger partial charge in [0.1, 0.15) is 0 Å². The molecule has 4 heavy (non-hydrogen) atoms. The maximum absolute atomic E-state index is 7.00. The van der Waals surface area contributed by atoms with Gasteiger partial charge >= 0.3 is 18.9 Å². The molecule has 0 aromatic rings. The molecular formula is CH10AlLiO. The Hall–Kier alpha value is 1.09. The van der Waals surface area contributed by atoms with E-state index in [1.54, 1.807) is 0 Å². The third-order valence-corrected chi connectivity index (χ3v) is 0. The Morgan fingerprint density at radius 2 is 1.50 bits per heavy atom. The summed E-state index contributed by atoms with van der Waals surface area (Å²) >= 11 is 0. The van der Waals surface area contributed by atoms with Crippen LogP contribution in [0.25, 0.3) is 0 Å². The van der Waals surface area contributed by atoms with Gasteiger partial charge in [-0.2, -0.15) is 0 Å². The molecule has 0 rings (SSSR count). The first-order valence-electron chi connectivity index (χ1n) is 0.447. The number of rotatable bonds is 0. The summed E-state index contributed by atoms with van der Waals surface area (Å²) in [5.41, 5.74) is 0. The van der Waals surface area contributed by atoms with E-state index in [0.29, 0.717) is 0 Å². The van der Waals surface area contributed by atoms with Crippen LogP contribution in [0, 0.1) is 0 Å². The molecule has 0 bridgehead atoms. The van der Waals surface area contributed by atoms with Gasteiger partial charge in [-0.3, -0.25) is 0 Å². The predicted octanol–water partition coefficient (Wildman–Crippen LogP) is -1.98. The van der Waals surface area contributed by atoms with E-state index in [9.17, 15) is 0 Å². The van der Waals surface area contributed by atoms with Crippen molar-refractivity contribution < 1.29 is 6.53 Å². The molecule has 0 saturated carbocycles. The fourth-order valence-corrected chi connectivity index (χ4v) is 0. The molecule has 0 aliphatic carbocycles. The molecule has 0 heterocycles. The van der Waals surface area contributed by atoms with Gasteiger partial charge in [0.25, 0.3) is 0 Å². The van der Waals surface area contributed by atoms with Crippen molar-refractivity contribution in [3.8, 4) is 0 Å². The van der Waals surface area contributed by atoms with Gasteiger partial charge in [0.2, 0.25) is 0 Å². The van der Waals surface area contributed by atoms with E-state index in [0.717, 1.165) is 7.11 Å². The average molecular weight is 72.0 g/mol. The summed E-state index contributed by atoms with van der Waals surface area (Å²) in [7, 11) is 1.00. The van der Waals surface area contributed by atoms with Gasteiger partial charge in [-0.25, -0.2) is 0 Å². The van der Waals surface area contributed by atoms with Crippen molar-refractivity contribution in [2.24, 2.45) is 0 Å². The molecule has 0 fully saturated rings. The summed E-state index contributed by atoms with van der Waals surface area (Å²) < 4.78 is 0. The molecule has 0 aliphatic rings. The Balaban J connectivity index is -0.00000000167. The van der Waals surface area contributed by atoms with Crippen molar-refractivity contribution in [2.45, 2.75) is 0 Å². The van der Waals surface area contributed by atoms with Crippen LogP contribution >= 0.6 is 0 Å². The topological polar surface area (TPSA) is 20.2 Å². The van der Waals surface area contributed by atoms with Gasteiger partial charge in [0.05, 0.1) is 0 Å². The molecule has 1 nitrogen and oxygen atoms in total. The Morgan fingerprint density at radius 1 is 1.50 bits per heavy atom. The fourth-order valence-electron chi connectivity index (χ4n) is 0. The van der Waals surface area contributed by atoms with Crippen LogP contribution in [0.15, 0.2) is 0 Å². The second-order valence-corrected chi connectivity index (χ2v) is 0. The first kappa shape index (κ1) is 19.5. The van der Waals surface area contributed by atoms with Crippen LogP contribution in [-0.4, -0.2) is 48.4 Å². The third kappa shape index (κ3) is 11.4. The van der Waals surface area contributed by atoms with E-state index in [2.05, 4.69) is 0 Å². The number of hydrogen-bond donors (Lipinski definition) is 1. The van der Waals surface area contributed by atoms with Crippen molar-refractivity contribution in [2.75, 3.05) is 7.11 Å². The summed E-state index contributed by atoms with van der Waals surface area (Å²) in [6.07, 6.45) is 0. The van der Waals surface area contributed by atoms with E-state index in [1.807, 2.05) is 0 Å². The Kier molecular flexibility index (Phi) is 160. The molecule has 0 aliphatic heterocycles. The van der Waals surface area contributed by atoms with Gasteiger partial charge in [-0.15, -0.1) is 0 Å². The minimum atomic E-state index is 0. The molecule has 0 atom stereocenters. The quantitative estimate of drug-likeness (QED) is 0.329. The van der Waals surface area contributed by atoms with E-state index in [4.69, 9.17) is 5.11 Å². The summed E-state index contributed by atoms with van der Waals surface area (Å²) in [4.78, 5) is 0. The van der Waals surface area contributed by atoms with Gasteiger partial charge in [0.15, 0.2) is 17.4 Å². The zero-order valence-electron chi connectivity index (χ0n) is 1.45. The van der Waals surface area contributed by atoms with E-state index in [1.165, 1.54) is 0 Å². The summed E-state index contributed by atoms with van der Waals surface area (Å²) in [6, 6.07) is 0. The molecule has 0 amide bonds. The van der Waals surface area contributed by atoms with Crippen molar-refractivity contribution >= 4 is 36.2 Å². The predicted molar refractivity (Wildman–Crippen MR) is 27.3 cm³/mol. The van der Waals surface area contributed by atoms with Crippen LogP contribution in [0.1, 0.15) is 1.43 Å². The minimum absolute atomic E-state index is 0. The molecule has 0 saturated heterocycles. The van der Waals surface area contributed by atoms with Crippen molar-refractivity contribution in [3.63, 3.8) is 0 Å². The third-order valence-electron chi connectivity index (χ3n) is 0. The van der Waals surface area contributed by atoms with Gasteiger partial charge in [0, 0.05) is 8.54 Å². The second kappa shape index (κ2) is 32.9. The zero-order chi connectivity index (χ0) is 2.00. The average Bonchev–Trinajstić information content (AvgIpc) is 1.00. The molecule has 3 heteroatoms. The monoisotopic (exact) mass is 72.1 g/mol. The fraction of sp³-hybridized carbons (Fsp3) is 1.00. The van der Waals surface area contributed by atoms with Crippen LogP contribution in [0.4, 0.5) is 0 Å². The van der Waals surface area contributed by atoms with E-state index >= 15 is 0 Å². The summed E-state index contributed by atoms with van der Waals surface area (Å²) in [6.45, 7) is 0. The molecule has 0 unspecified atom stereocenters. The number of aliphatic hydroxyl groups excluding tert-OH is 1. The molecule has 0 aromatic carbocycles. The van der Waals surface area contributed by atoms with Gasteiger partial charge < -0.3 is 5.11 Å². The Labute approximate surface area is 50.2 Å². The summed E-state index contributed by atoms with van der Waals surface area (Å²) in [5.74, 6) is 0. The Morgan fingerprint density at radius 3 is 1.50 bits per heavy atom. The van der Waals surface area contributed by atoms with E-state index < -0.39 is 0 Å². The van der Waals surface area contributed by atoms with Crippen molar-refractivity contribution in [3.05, 3.63) is 0 Å². The van der Waals surface area contributed by atoms with Crippen LogP contribution < -0.4 is 0 Å². The zero-order valence-corrected chi connectivity index (χ0v) is 1.45. The molecular weight excluding hydrogens is 61.9 g/mol. The molecule has 1 N–H and O–H groups in total. The first-order valence-corrected chi connectivity index (χ1v) is 0.447. The maximum atomic E-state index is 7.00. The van der Waals surface area contributed by atoms with E-state index in [-0.39, 0.29) is 37.6 Å². The Bertz CT molecular complexity index is 11.6. The first-order chi connectivity index (χ1) is 1.00. The standard InChI is InChI=1S/CH4O.Al.Li.H2.4H/c1-2;;;;;;;/h2H,1H3;;;1H;;;;. The van der Waals surface area contributed by atoms with Crippen LogP contribution in [-0.2, 0) is 0 Å². The van der Waals surface area contributed by atoms with Crippen molar-refractivity contribution in [1.82, 2.24) is 0 Å². The van der Waals surface area contributed by atoms with Crippen LogP contribution in [0.2, 0.25) is 0 Å². The summed E-state index contributed by atoms with van der Waals surface area (Å²) in [5, 5.41) is 7.00. The molecule has 24 valence electrons. The van der Waals surface area contributed by atoms with Crippen molar-refractivity contribution in [1.29, 1.82) is 0 Å². The SMILES string of the molecule is CO.[AlH3].[HH].[LiH]. The van der Waals surface area contributed by atoms with Crippen LogP contribution in [0.5, 0.6) is 0 Å². The number of aliphatic hydroxyl groups is 1. The van der Waals surface area contributed by atoms with Gasteiger partial charge in [-0.05, 0) is 0 Å². The van der Waals surface area contributed by atoms with Crippen LogP contribution in [0.3, 0.4) is 0 Å². The normalized spacial score (nSPS) is 1.50. The molecule has 0 spiro atoms. The number of hydrogen-bond acceptors (Lipinski definition) is 1. The second-order valence-electron chi connectivity index (χ2n) is 0. The van der Waals surface area contributed by atoms with Gasteiger partial charge in [-0.1, -0.05) is 0 Å². The molecule has 0 aromatic heterocycles.